The second-order valence-electron chi connectivity index (χ2n) is 6.31. The molecule has 1 aliphatic carbocycles. The van der Waals surface area contributed by atoms with E-state index in [1.165, 1.54) is 32.1 Å². The van der Waals surface area contributed by atoms with Crippen molar-refractivity contribution in [3.63, 3.8) is 0 Å². The highest BCUT2D eigenvalue weighted by Crippen LogP contribution is 2.19. The fourth-order valence-corrected chi connectivity index (χ4v) is 3.40. The van der Waals surface area contributed by atoms with Crippen molar-refractivity contribution in [1.82, 2.24) is 15.5 Å². The molecule has 0 atom stereocenters. The highest BCUT2D eigenvalue weighted by Gasteiger charge is 2.26. The van der Waals surface area contributed by atoms with Gasteiger partial charge in [-0.1, -0.05) is 32.6 Å². The lowest BCUT2D eigenvalue weighted by Crippen LogP contribution is -2.52. The molecule has 1 saturated heterocycles. The molecule has 1 aliphatic heterocycles. The van der Waals surface area contributed by atoms with Crippen LogP contribution < -0.4 is 10.6 Å². The Bertz CT molecular complexity index is 283. The van der Waals surface area contributed by atoms with Gasteiger partial charge in [0.2, 0.25) is 0 Å². The van der Waals surface area contributed by atoms with Crippen molar-refractivity contribution in [2.75, 3.05) is 19.6 Å². The smallest absolute Gasteiger partial charge is 0.317 e. The average Bonchev–Trinajstić information content (AvgIpc) is 2.50. The summed E-state index contributed by atoms with van der Waals surface area (Å²) in [7, 11) is 0. The van der Waals surface area contributed by atoms with Crippen molar-refractivity contribution in [2.24, 2.45) is 0 Å². The summed E-state index contributed by atoms with van der Waals surface area (Å²) in [5.74, 6) is 0. The van der Waals surface area contributed by atoms with Crippen LogP contribution in [-0.4, -0.2) is 42.6 Å². The largest absolute Gasteiger partial charge is 0.335 e. The van der Waals surface area contributed by atoms with Gasteiger partial charge in [0.15, 0.2) is 0 Å². The Morgan fingerprint density at radius 2 is 1.85 bits per heavy atom. The molecule has 2 aliphatic rings. The zero-order valence-electron chi connectivity index (χ0n) is 13.0. The summed E-state index contributed by atoms with van der Waals surface area (Å²) in [5, 5.41) is 6.68. The summed E-state index contributed by atoms with van der Waals surface area (Å²) < 4.78 is 0. The molecule has 0 spiro atoms. The third kappa shape index (κ3) is 4.65. The van der Waals surface area contributed by atoms with E-state index in [4.69, 9.17) is 0 Å². The predicted octanol–water partition coefficient (Wildman–Crippen LogP) is 2.88. The molecule has 2 amide bonds. The van der Waals surface area contributed by atoms with E-state index in [2.05, 4.69) is 22.5 Å². The van der Waals surface area contributed by atoms with Crippen LogP contribution in [0.25, 0.3) is 0 Å². The van der Waals surface area contributed by atoms with Gasteiger partial charge < -0.3 is 15.5 Å². The minimum absolute atomic E-state index is 0.192. The second kappa shape index (κ2) is 8.50. The zero-order chi connectivity index (χ0) is 14.2. The highest BCUT2D eigenvalue weighted by molar-refractivity contribution is 5.75. The Labute approximate surface area is 123 Å². The molecule has 0 aromatic carbocycles. The van der Waals surface area contributed by atoms with Crippen molar-refractivity contribution in [3.8, 4) is 0 Å². The number of nitrogens with zero attached hydrogens (tertiary/aromatic N) is 1. The molecule has 2 N–H and O–H groups in total. The number of amides is 2. The third-order valence-electron chi connectivity index (χ3n) is 4.70. The summed E-state index contributed by atoms with van der Waals surface area (Å²) >= 11 is 0. The fraction of sp³-hybridized carbons (Fsp3) is 0.938. The maximum absolute atomic E-state index is 12.6. The van der Waals surface area contributed by atoms with Gasteiger partial charge in [-0.25, -0.2) is 4.79 Å². The van der Waals surface area contributed by atoms with Crippen LogP contribution in [0.1, 0.15) is 64.7 Å². The van der Waals surface area contributed by atoms with Crippen LogP contribution in [0.15, 0.2) is 0 Å². The first kappa shape index (κ1) is 15.6. The number of hydrogen-bond acceptors (Lipinski definition) is 2. The molecule has 20 heavy (non-hydrogen) atoms. The predicted molar refractivity (Wildman–Crippen MR) is 82.9 cm³/mol. The first-order chi connectivity index (χ1) is 9.81. The first-order valence-corrected chi connectivity index (χ1v) is 8.59. The van der Waals surface area contributed by atoms with Crippen molar-refractivity contribution in [1.29, 1.82) is 0 Å². The van der Waals surface area contributed by atoms with Crippen molar-refractivity contribution in [2.45, 2.75) is 76.8 Å². The monoisotopic (exact) mass is 281 g/mol. The number of urea groups is 1. The molecule has 0 radical (unpaired) electrons. The molecule has 1 saturated carbocycles. The number of carbonyl (C=O) groups is 1. The van der Waals surface area contributed by atoms with E-state index < -0.39 is 0 Å². The summed E-state index contributed by atoms with van der Waals surface area (Å²) in [4.78, 5) is 14.7. The van der Waals surface area contributed by atoms with Crippen LogP contribution in [0.4, 0.5) is 4.79 Å². The van der Waals surface area contributed by atoms with E-state index >= 15 is 0 Å². The van der Waals surface area contributed by atoms with E-state index in [0.29, 0.717) is 12.1 Å². The van der Waals surface area contributed by atoms with Gasteiger partial charge in [0.05, 0.1) is 0 Å². The molecule has 0 aromatic rings. The SMILES string of the molecule is CCCCN(C(=O)NC1CCCCC1)C1CCNCC1. The second-order valence-corrected chi connectivity index (χ2v) is 6.31. The molecule has 0 unspecified atom stereocenters. The lowest BCUT2D eigenvalue weighted by molar-refractivity contribution is 0.152. The van der Waals surface area contributed by atoms with Crippen molar-refractivity contribution >= 4 is 6.03 Å². The summed E-state index contributed by atoms with van der Waals surface area (Å²) in [6.07, 6.45) is 10.7. The molecular weight excluding hydrogens is 250 g/mol. The minimum atomic E-state index is 0.192. The van der Waals surface area contributed by atoms with Gasteiger partial charge in [-0.3, -0.25) is 0 Å². The zero-order valence-corrected chi connectivity index (χ0v) is 13.0. The van der Waals surface area contributed by atoms with Crippen LogP contribution in [-0.2, 0) is 0 Å². The maximum atomic E-state index is 12.6. The Hall–Kier alpha value is -0.770. The van der Waals surface area contributed by atoms with Gasteiger partial charge >= 0.3 is 6.03 Å². The summed E-state index contributed by atoms with van der Waals surface area (Å²) in [6, 6.07) is 1.05. The average molecular weight is 281 g/mol. The van der Waals surface area contributed by atoms with E-state index in [9.17, 15) is 4.79 Å². The number of piperidine rings is 1. The molecule has 0 bridgehead atoms. The summed E-state index contributed by atoms with van der Waals surface area (Å²) in [6.45, 7) is 5.20. The quantitative estimate of drug-likeness (QED) is 0.814. The van der Waals surface area contributed by atoms with Crippen LogP contribution in [0, 0.1) is 0 Å². The molecule has 2 rings (SSSR count). The van der Waals surface area contributed by atoms with Gasteiger partial charge in [0.25, 0.3) is 0 Å². The number of nitrogens with one attached hydrogen (secondary N) is 2. The number of rotatable bonds is 5. The molecule has 1 heterocycles. The Morgan fingerprint density at radius 1 is 1.15 bits per heavy atom. The number of unbranched alkanes of at least 4 members (excludes halogenated alkanes) is 1. The Balaban J connectivity index is 1.87. The normalized spacial score (nSPS) is 21.6. The lowest BCUT2D eigenvalue weighted by atomic mass is 9.95. The summed E-state index contributed by atoms with van der Waals surface area (Å²) in [5.41, 5.74) is 0. The number of carbonyl (C=O) groups excluding carboxylic acids is 1. The van der Waals surface area contributed by atoms with Gasteiger partial charge in [-0.05, 0) is 45.2 Å². The maximum Gasteiger partial charge on any atom is 0.317 e. The van der Waals surface area contributed by atoms with Gasteiger partial charge in [0, 0.05) is 18.6 Å². The van der Waals surface area contributed by atoms with Crippen LogP contribution in [0.5, 0.6) is 0 Å². The van der Waals surface area contributed by atoms with Crippen LogP contribution >= 0.6 is 0 Å². The molecule has 0 aromatic heterocycles. The van der Waals surface area contributed by atoms with Gasteiger partial charge in [0.1, 0.15) is 0 Å². The van der Waals surface area contributed by atoms with E-state index in [1.807, 2.05) is 0 Å². The molecular formula is C16H31N3O. The third-order valence-corrected chi connectivity index (χ3v) is 4.70. The van der Waals surface area contributed by atoms with E-state index in [1.54, 1.807) is 0 Å². The molecule has 4 heteroatoms. The van der Waals surface area contributed by atoms with Crippen molar-refractivity contribution in [3.05, 3.63) is 0 Å². The molecule has 116 valence electrons. The fourth-order valence-electron chi connectivity index (χ4n) is 3.40. The van der Waals surface area contributed by atoms with Gasteiger partial charge in [-0.2, -0.15) is 0 Å². The molecule has 4 nitrogen and oxygen atoms in total. The highest BCUT2D eigenvalue weighted by atomic mass is 16.2. The molecule has 2 fully saturated rings. The van der Waals surface area contributed by atoms with E-state index in [-0.39, 0.29) is 6.03 Å². The van der Waals surface area contributed by atoms with E-state index in [0.717, 1.165) is 45.3 Å². The van der Waals surface area contributed by atoms with Crippen LogP contribution in [0.3, 0.4) is 0 Å². The first-order valence-electron chi connectivity index (χ1n) is 8.59. The number of hydrogen-bond donors (Lipinski definition) is 2. The van der Waals surface area contributed by atoms with Crippen LogP contribution in [0.2, 0.25) is 0 Å². The van der Waals surface area contributed by atoms with Gasteiger partial charge in [-0.15, -0.1) is 0 Å². The van der Waals surface area contributed by atoms with Crippen molar-refractivity contribution < 1.29 is 4.79 Å². The minimum Gasteiger partial charge on any atom is -0.335 e. The topological polar surface area (TPSA) is 44.4 Å². The standard InChI is InChI=1S/C16H31N3O/c1-2-3-13-19(15-9-11-17-12-10-15)16(20)18-14-7-5-4-6-8-14/h14-15,17H,2-13H2,1H3,(H,18,20). The Morgan fingerprint density at radius 3 is 2.50 bits per heavy atom. The Kier molecular flexibility index (Phi) is 6.64. The lowest BCUT2D eigenvalue weighted by Gasteiger charge is -2.36.